The Hall–Kier alpha value is -2.14. The molecule has 2 aromatic rings. The predicted molar refractivity (Wildman–Crippen MR) is 80.0 cm³/mol. The second-order valence-corrected chi connectivity index (χ2v) is 5.03. The van der Waals surface area contributed by atoms with Gasteiger partial charge in [0.05, 0.1) is 0 Å². The molecule has 2 rings (SSSR count). The Morgan fingerprint density at radius 3 is 2.50 bits per heavy atom. The van der Waals surface area contributed by atoms with E-state index in [0.29, 0.717) is 18.0 Å². The highest BCUT2D eigenvalue weighted by Crippen LogP contribution is 2.15. The maximum absolute atomic E-state index is 13.0. The summed E-state index contributed by atoms with van der Waals surface area (Å²) in [7, 11) is 0. The van der Waals surface area contributed by atoms with Gasteiger partial charge in [-0.2, -0.15) is 0 Å². The lowest BCUT2D eigenvalue weighted by molar-refractivity contribution is -0.123. The minimum Gasteiger partial charge on any atom is -0.484 e. The van der Waals surface area contributed by atoms with Gasteiger partial charge in [-0.3, -0.25) is 4.79 Å². The minimum absolute atomic E-state index is 0.103. The van der Waals surface area contributed by atoms with E-state index in [-0.39, 0.29) is 18.3 Å². The van der Waals surface area contributed by atoms with E-state index in [0.717, 1.165) is 17.7 Å². The van der Waals surface area contributed by atoms with Crippen LogP contribution in [0.4, 0.5) is 8.78 Å². The quantitative estimate of drug-likeness (QED) is 0.884. The van der Waals surface area contributed by atoms with E-state index in [1.54, 1.807) is 12.1 Å². The lowest BCUT2D eigenvalue weighted by atomic mass is 10.1. The highest BCUT2D eigenvalue weighted by atomic mass is 35.5. The third-order valence-corrected chi connectivity index (χ3v) is 3.16. The fourth-order valence-electron chi connectivity index (χ4n) is 1.76. The number of carbonyl (C=O) groups excluding carboxylic acids is 1. The predicted octanol–water partition coefficient (Wildman–Crippen LogP) is 3.36. The van der Waals surface area contributed by atoms with Crippen LogP contribution >= 0.6 is 11.6 Å². The van der Waals surface area contributed by atoms with Crippen LogP contribution in [0, 0.1) is 11.6 Å². The number of hydrogen-bond acceptors (Lipinski definition) is 2. The van der Waals surface area contributed by atoms with Crippen LogP contribution in [0.5, 0.6) is 5.75 Å². The summed E-state index contributed by atoms with van der Waals surface area (Å²) in [6.45, 7) is 0.188. The van der Waals surface area contributed by atoms with E-state index in [4.69, 9.17) is 16.3 Å². The molecule has 6 heteroatoms. The molecule has 0 spiro atoms. The normalized spacial score (nSPS) is 10.3. The van der Waals surface area contributed by atoms with Crippen molar-refractivity contribution in [2.24, 2.45) is 0 Å². The summed E-state index contributed by atoms with van der Waals surface area (Å²) in [4.78, 5) is 11.6. The maximum atomic E-state index is 13.0. The molecule has 0 aliphatic carbocycles. The van der Waals surface area contributed by atoms with Crippen LogP contribution in [0.3, 0.4) is 0 Å². The van der Waals surface area contributed by atoms with Gasteiger partial charge < -0.3 is 10.1 Å². The number of hydrogen-bond donors (Lipinski definition) is 1. The molecule has 1 amide bonds. The molecule has 0 radical (unpaired) electrons. The Morgan fingerprint density at radius 1 is 1.09 bits per heavy atom. The molecule has 0 heterocycles. The summed E-state index contributed by atoms with van der Waals surface area (Å²) in [6.07, 6.45) is 0.661. The van der Waals surface area contributed by atoms with Crippen LogP contribution in [-0.2, 0) is 11.2 Å². The van der Waals surface area contributed by atoms with Gasteiger partial charge in [0.25, 0.3) is 5.91 Å². The Labute approximate surface area is 131 Å². The first-order chi connectivity index (χ1) is 10.5. The second-order valence-electron chi connectivity index (χ2n) is 4.59. The van der Waals surface area contributed by atoms with Gasteiger partial charge >= 0.3 is 0 Å². The van der Waals surface area contributed by atoms with E-state index in [2.05, 4.69) is 5.32 Å². The van der Waals surface area contributed by atoms with Crippen LogP contribution in [-0.4, -0.2) is 19.1 Å². The first-order valence-electron chi connectivity index (χ1n) is 6.63. The highest BCUT2D eigenvalue weighted by Gasteiger charge is 2.06. The number of amides is 1. The van der Waals surface area contributed by atoms with Gasteiger partial charge in [0.15, 0.2) is 18.2 Å². The monoisotopic (exact) mass is 325 g/mol. The van der Waals surface area contributed by atoms with Gasteiger partial charge in [0, 0.05) is 17.6 Å². The molecule has 0 saturated heterocycles. The zero-order chi connectivity index (χ0) is 15.9. The highest BCUT2D eigenvalue weighted by molar-refractivity contribution is 6.30. The molecule has 1 N–H and O–H groups in total. The summed E-state index contributed by atoms with van der Waals surface area (Å²) >= 11 is 5.78. The van der Waals surface area contributed by atoms with Gasteiger partial charge in [-0.15, -0.1) is 0 Å². The van der Waals surface area contributed by atoms with Gasteiger partial charge in [-0.05, 0) is 36.2 Å². The molecule has 116 valence electrons. The van der Waals surface area contributed by atoms with Crippen molar-refractivity contribution in [3.05, 3.63) is 64.7 Å². The van der Waals surface area contributed by atoms with Crippen molar-refractivity contribution in [1.82, 2.24) is 5.32 Å². The van der Waals surface area contributed by atoms with Gasteiger partial charge in [0.2, 0.25) is 0 Å². The van der Waals surface area contributed by atoms with Crippen molar-refractivity contribution in [1.29, 1.82) is 0 Å². The van der Waals surface area contributed by atoms with Crippen LogP contribution in [0.25, 0.3) is 0 Å². The Kier molecular flexibility index (Phi) is 5.72. The smallest absolute Gasteiger partial charge is 0.257 e. The van der Waals surface area contributed by atoms with E-state index in [1.165, 1.54) is 6.07 Å². The molecule has 0 aromatic heterocycles. The lowest BCUT2D eigenvalue weighted by Crippen LogP contribution is -2.30. The Bertz CT molecular complexity index is 647. The molecule has 3 nitrogen and oxygen atoms in total. The summed E-state index contributed by atoms with van der Waals surface area (Å²) in [5, 5.41) is 3.34. The lowest BCUT2D eigenvalue weighted by Gasteiger charge is -2.08. The molecular formula is C16H14ClF2NO2. The number of benzene rings is 2. The fourth-order valence-corrected chi connectivity index (χ4v) is 1.89. The molecule has 0 bridgehead atoms. The standard InChI is InChI=1S/C16H14ClF2NO2/c17-12-3-1-11(2-4-12)7-8-20-16(21)10-22-13-5-6-14(18)15(19)9-13/h1-6,9H,7-8,10H2,(H,20,21). The zero-order valence-electron chi connectivity index (χ0n) is 11.6. The third kappa shape index (κ3) is 5.00. The number of rotatable bonds is 6. The fraction of sp³-hybridized carbons (Fsp3) is 0.188. The molecule has 2 aromatic carbocycles. The van der Waals surface area contributed by atoms with E-state index in [9.17, 15) is 13.6 Å². The summed E-state index contributed by atoms with van der Waals surface area (Å²) in [5.41, 5.74) is 1.05. The molecule has 0 fully saturated rings. The summed E-state index contributed by atoms with van der Waals surface area (Å²) in [5.74, 6) is -2.20. The largest absolute Gasteiger partial charge is 0.484 e. The topological polar surface area (TPSA) is 38.3 Å². The first-order valence-corrected chi connectivity index (χ1v) is 7.01. The summed E-state index contributed by atoms with van der Waals surface area (Å²) < 4.78 is 30.8. The Morgan fingerprint density at radius 2 is 1.82 bits per heavy atom. The number of halogens is 3. The average Bonchev–Trinajstić information content (AvgIpc) is 2.50. The SMILES string of the molecule is O=C(COc1ccc(F)c(F)c1)NCCc1ccc(Cl)cc1. The van der Waals surface area contributed by atoms with Crippen molar-refractivity contribution in [2.45, 2.75) is 6.42 Å². The van der Waals surface area contributed by atoms with Crippen LogP contribution in [0.15, 0.2) is 42.5 Å². The van der Waals surface area contributed by atoms with Gasteiger partial charge in [-0.25, -0.2) is 8.78 Å². The molecule has 0 saturated carbocycles. The number of nitrogens with one attached hydrogen (secondary N) is 1. The third-order valence-electron chi connectivity index (χ3n) is 2.91. The van der Waals surface area contributed by atoms with Crippen LogP contribution < -0.4 is 10.1 Å². The Balaban J connectivity index is 1.71. The molecule has 0 aliphatic heterocycles. The number of carbonyl (C=O) groups is 1. The average molecular weight is 326 g/mol. The molecule has 0 unspecified atom stereocenters. The van der Waals surface area contributed by atoms with Crippen LogP contribution in [0.1, 0.15) is 5.56 Å². The van der Waals surface area contributed by atoms with Crippen LogP contribution in [0.2, 0.25) is 5.02 Å². The van der Waals surface area contributed by atoms with Crippen molar-refractivity contribution >= 4 is 17.5 Å². The molecular weight excluding hydrogens is 312 g/mol. The second kappa shape index (κ2) is 7.75. The van der Waals surface area contributed by atoms with Crippen molar-refractivity contribution < 1.29 is 18.3 Å². The maximum Gasteiger partial charge on any atom is 0.257 e. The van der Waals surface area contributed by atoms with E-state index >= 15 is 0 Å². The molecule has 0 atom stereocenters. The van der Waals surface area contributed by atoms with Crippen molar-refractivity contribution in [3.8, 4) is 5.75 Å². The van der Waals surface area contributed by atoms with E-state index < -0.39 is 11.6 Å². The van der Waals surface area contributed by atoms with Crippen molar-refractivity contribution in [2.75, 3.05) is 13.2 Å². The zero-order valence-corrected chi connectivity index (χ0v) is 12.4. The van der Waals surface area contributed by atoms with Crippen molar-refractivity contribution in [3.63, 3.8) is 0 Å². The minimum atomic E-state index is -1.01. The van der Waals surface area contributed by atoms with E-state index in [1.807, 2.05) is 12.1 Å². The van der Waals surface area contributed by atoms with Gasteiger partial charge in [-0.1, -0.05) is 23.7 Å². The first kappa shape index (κ1) is 16.2. The van der Waals surface area contributed by atoms with Gasteiger partial charge in [0.1, 0.15) is 5.75 Å². The summed E-state index contributed by atoms with van der Waals surface area (Å²) in [6, 6.07) is 10.4. The molecule has 0 aliphatic rings. The molecule has 22 heavy (non-hydrogen) atoms. The number of ether oxygens (including phenoxy) is 1.